The highest BCUT2D eigenvalue weighted by Crippen LogP contribution is 2.48. The average Bonchev–Trinajstić information content (AvgIpc) is 2.64. The minimum Gasteiger partial charge on any atom is -0.364 e. The third kappa shape index (κ3) is 3.43. The van der Waals surface area contributed by atoms with Gasteiger partial charge in [-0.25, -0.2) is 0 Å². The first-order valence-electron chi connectivity index (χ1n) is 7.33. The maximum Gasteiger partial charge on any atom is 0.263 e. The summed E-state index contributed by atoms with van der Waals surface area (Å²) in [5, 5.41) is 11.5. The van der Waals surface area contributed by atoms with E-state index in [1.807, 2.05) is 42.5 Å². The molecule has 0 aromatic heterocycles. The van der Waals surface area contributed by atoms with Crippen LogP contribution < -0.4 is 10.6 Å². The van der Waals surface area contributed by atoms with E-state index in [0.29, 0.717) is 16.2 Å². The van der Waals surface area contributed by atoms with Gasteiger partial charge in [0.05, 0.1) is 0 Å². The molecule has 3 aromatic rings. The molecule has 3 aromatic carbocycles. The van der Waals surface area contributed by atoms with E-state index < -0.39 is 13.7 Å². The number of hydrogen-bond donors (Lipinski definition) is 1. The lowest BCUT2D eigenvalue weighted by atomic mass is 10.2. The third-order valence-corrected chi connectivity index (χ3v) is 5.98. The molecule has 0 saturated heterocycles. The van der Waals surface area contributed by atoms with Crippen LogP contribution in [0.4, 0.5) is 0 Å². The molecule has 0 aliphatic carbocycles. The fourth-order valence-corrected chi connectivity index (χ4v) is 4.41. The summed E-state index contributed by atoms with van der Waals surface area (Å²) in [7, 11) is -3.40. The molecule has 1 unspecified atom stereocenters. The van der Waals surface area contributed by atoms with Gasteiger partial charge < -0.3 is 5.11 Å². The predicted octanol–water partition coefficient (Wildman–Crippen LogP) is 3.62. The topological polar surface area (TPSA) is 46.5 Å². The Morgan fingerprint density at radius 2 is 1.09 bits per heavy atom. The lowest BCUT2D eigenvalue weighted by Gasteiger charge is -2.23. The normalized spacial score (nSPS) is 12.7. The van der Waals surface area contributed by atoms with Crippen LogP contribution in [-0.2, 0) is 9.09 Å². The van der Waals surface area contributed by atoms with Crippen molar-refractivity contribution in [1.82, 2.24) is 0 Å². The highest BCUT2D eigenvalue weighted by Gasteiger charge is 2.31. The summed E-state index contributed by atoms with van der Waals surface area (Å²) in [5.41, 5.74) is 0.569. The van der Waals surface area contributed by atoms with Crippen LogP contribution in [0.15, 0.2) is 91.0 Å². The van der Waals surface area contributed by atoms with Crippen LogP contribution in [0, 0.1) is 0 Å². The van der Waals surface area contributed by atoms with Gasteiger partial charge in [0.25, 0.3) is 7.37 Å². The first-order valence-corrected chi connectivity index (χ1v) is 8.95. The van der Waals surface area contributed by atoms with Gasteiger partial charge in [0.1, 0.15) is 0 Å². The Labute approximate surface area is 135 Å². The molecule has 1 N–H and O–H groups in total. The Bertz CT molecular complexity index is 745. The minimum absolute atomic E-state index is 0.557. The van der Waals surface area contributed by atoms with Gasteiger partial charge in [0.15, 0.2) is 6.29 Å². The molecule has 116 valence electrons. The van der Waals surface area contributed by atoms with Crippen molar-refractivity contribution < 1.29 is 14.2 Å². The van der Waals surface area contributed by atoms with Crippen LogP contribution in [0.25, 0.3) is 0 Å². The van der Waals surface area contributed by atoms with Gasteiger partial charge in [-0.1, -0.05) is 66.7 Å². The van der Waals surface area contributed by atoms with E-state index in [9.17, 15) is 9.67 Å². The van der Waals surface area contributed by atoms with E-state index >= 15 is 0 Å². The van der Waals surface area contributed by atoms with Crippen LogP contribution in [0.3, 0.4) is 0 Å². The van der Waals surface area contributed by atoms with Crippen LogP contribution in [-0.4, -0.2) is 5.11 Å². The number of hydrogen-bond acceptors (Lipinski definition) is 3. The summed E-state index contributed by atoms with van der Waals surface area (Å²) in [6.45, 7) is 0. The molecule has 0 radical (unpaired) electrons. The van der Waals surface area contributed by atoms with Crippen LogP contribution in [0.5, 0.6) is 0 Å². The lowest BCUT2D eigenvalue weighted by Crippen LogP contribution is -2.20. The third-order valence-electron chi connectivity index (χ3n) is 3.53. The molecule has 0 spiro atoms. The molecule has 0 aliphatic heterocycles. The Balaban J connectivity index is 2.02. The molecule has 0 amide bonds. The second-order valence-electron chi connectivity index (χ2n) is 5.09. The maximum absolute atomic E-state index is 13.6. The fraction of sp³-hybridized carbons (Fsp3) is 0.0526. The van der Waals surface area contributed by atoms with E-state index in [0.717, 1.165) is 0 Å². The van der Waals surface area contributed by atoms with Gasteiger partial charge in [-0.15, -0.1) is 0 Å². The molecule has 0 heterocycles. The Kier molecular flexibility index (Phi) is 4.73. The quantitative estimate of drug-likeness (QED) is 0.576. The summed E-state index contributed by atoms with van der Waals surface area (Å²) in [6, 6.07) is 26.9. The molecule has 0 fully saturated rings. The molecule has 1 atom stereocenters. The molecule has 0 bridgehead atoms. The van der Waals surface area contributed by atoms with Gasteiger partial charge in [-0.05, 0) is 24.3 Å². The number of benzene rings is 3. The van der Waals surface area contributed by atoms with Crippen LogP contribution in [0.1, 0.15) is 11.9 Å². The lowest BCUT2D eigenvalue weighted by molar-refractivity contribution is -0.0140. The Morgan fingerprint density at radius 1 is 0.696 bits per heavy atom. The summed E-state index contributed by atoms with van der Waals surface area (Å²) in [5.74, 6) is 0. The van der Waals surface area contributed by atoms with Gasteiger partial charge in [-0.3, -0.25) is 9.09 Å². The average molecular weight is 324 g/mol. The number of aliphatic hydroxyl groups excluding tert-OH is 1. The van der Waals surface area contributed by atoms with Crippen molar-refractivity contribution in [2.75, 3.05) is 0 Å². The Morgan fingerprint density at radius 3 is 1.52 bits per heavy atom. The summed E-state index contributed by atoms with van der Waals surface area (Å²) < 4.78 is 19.3. The molecular formula is C19H17O3P. The standard InChI is InChI=1S/C19H17O3P/c20-19(16-10-4-1-5-11-16)22-23(21,17-12-6-2-7-13-17)18-14-8-3-9-15-18/h1-15,19-20H. The van der Waals surface area contributed by atoms with E-state index in [1.165, 1.54) is 0 Å². The van der Waals surface area contributed by atoms with Gasteiger partial charge in [0, 0.05) is 16.2 Å². The minimum atomic E-state index is -3.40. The predicted molar refractivity (Wildman–Crippen MR) is 92.2 cm³/mol. The zero-order valence-electron chi connectivity index (χ0n) is 12.4. The largest absolute Gasteiger partial charge is 0.364 e. The van der Waals surface area contributed by atoms with Crippen LogP contribution in [0.2, 0.25) is 0 Å². The molecule has 0 saturated carbocycles. The number of aliphatic hydroxyl groups is 1. The second kappa shape index (κ2) is 6.93. The molecule has 3 rings (SSSR count). The smallest absolute Gasteiger partial charge is 0.263 e. The van der Waals surface area contributed by atoms with Crippen molar-refractivity contribution >= 4 is 18.0 Å². The summed E-state index contributed by atoms with van der Waals surface area (Å²) in [4.78, 5) is 0. The van der Waals surface area contributed by atoms with Crippen molar-refractivity contribution in [1.29, 1.82) is 0 Å². The molecular weight excluding hydrogens is 307 g/mol. The molecule has 3 nitrogen and oxygen atoms in total. The molecule has 0 aliphatic rings. The monoisotopic (exact) mass is 324 g/mol. The first kappa shape index (κ1) is 15.7. The van der Waals surface area contributed by atoms with Crippen molar-refractivity contribution in [3.05, 3.63) is 96.6 Å². The molecule has 23 heavy (non-hydrogen) atoms. The van der Waals surface area contributed by atoms with Crippen molar-refractivity contribution in [2.45, 2.75) is 6.29 Å². The van der Waals surface area contributed by atoms with Crippen molar-refractivity contribution in [3.63, 3.8) is 0 Å². The summed E-state index contributed by atoms with van der Waals surface area (Å²) >= 11 is 0. The van der Waals surface area contributed by atoms with Crippen LogP contribution >= 0.6 is 7.37 Å². The number of rotatable bonds is 5. The van der Waals surface area contributed by atoms with E-state index in [-0.39, 0.29) is 0 Å². The van der Waals surface area contributed by atoms with E-state index in [2.05, 4.69) is 0 Å². The molecule has 4 heteroatoms. The van der Waals surface area contributed by atoms with Gasteiger partial charge >= 0.3 is 0 Å². The maximum atomic E-state index is 13.6. The van der Waals surface area contributed by atoms with E-state index in [1.54, 1.807) is 48.5 Å². The van der Waals surface area contributed by atoms with Crippen molar-refractivity contribution in [3.8, 4) is 0 Å². The zero-order valence-corrected chi connectivity index (χ0v) is 13.3. The second-order valence-corrected chi connectivity index (χ2v) is 7.44. The van der Waals surface area contributed by atoms with E-state index in [4.69, 9.17) is 4.52 Å². The van der Waals surface area contributed by atoms with Gasteiger partial charge in [0.2, 0.25) is 0 Å². The highest BCUT2D eigenvalue weighted by molar-refractivity contribution is 7.74. The van der Waals surface area contributed by atoms with Gasteiger partial charge in [-0.2, -0.15) is 0 Å². The SMILES string of the molecule is O=P(OC(O)c1ccccc1)(c1ccccc1)c1ccccc1. The summed E-state index contributed by atoms with van der Waals surface area (Å²) in [6.07, 6.45) is -1.26. The fourth-order valence-electron chi connectivity index (χ4n) is 2.34. The first-order chi connectivity index (χ1) is 11.2. The zero-order chi connectivity index (χ0) is 16.1. The van der Waals surface area contributed by atoms with Crippen molar-refractivity contribution in [2.24, 2.45) is 0 Å². The highest BCUT2D eigenvalue weighted by atomic mass is 31.2. The Hall–Kier alpha value is -2.19.